The van der Waals surface area contributed by atoms with Crippen LogP contribution in [0, 0.1) is 0 Å². The third kappa shape index (κ3) is 6.37. The zero-order chi connectivity index (χ0) is 14.1. The zero-order valence-corrected chi connectivity index (χ0v) is 10.5. The summed E-state index contributed by atoms with van der Waals surface area (Å²) in [4.78, 5) is 28.6. The molecule has 1 aromatic rings. The number of carboxylic acids is 1. The van der Waals surface area contributed by atoms with Gasteiger partial charge in [-0.15, -0.1) is 0 Å². The maximum absolute atomic E-state index is 11.5. The number of aromatic amines is 1. The van der Waals surface area contributed by atoms with E-state index in [-0.39, 0.29) is 18.7 Å². The van der Waals surface area contributed by atoms with Gasteiger partial charge in [0.1, 0.15) is 0 Å². The lowest BCUT2D eigenvalue weighted by atomic mass is 10.1. The fourth-order valence-electron chi connectivity index (χ4n) is 1.40. The first-order valence-corrected chi connectivity index (χ1v) is 5.99. The average molecular weight is 266 g/mol. The molecule has 0 saturated heterocycles. The molecule has 0 spiro atoms. The number of nitrogens with two attached hydrogens (primary N) is 1. The van der Waals surface area contributed by atoms with Crippen LogP contribution in [0.3, 0.4) is 0 Å². The number of imidazole rings is 1. The Hall–Kier alpha value is -2.15. The third-order valence-electron chi connectivity index (χ3n) is 2.48. The minimum Gasteiger partial charge on any atom is -0.481 e. The number of H-pyrrole nitrogens is 1. The quantitative estimate of drug-likeness (QED) is 0.534. The van der Waals surface area contributed by atoms with Gasteiger partial charge in [-0.25, -0.2) is 4.98 Å². The molecule has 19 heavy (non-hydrogen) atoms. The van der Waals surface area contributed by atoms with Crippen molar-refractivity contribution in [1.29, 1.82) is 0 Å². The molecule has 0 fully saturated rings. The molecule has 0 aromatic carbocycles. The highest BCUT2D eigenvalue weighted by Gasteiger charge is 2.13. The van der Waals surface area contributed by atoms with Crippen LogP contribution >= 0.6 is 0 Å². The summed E-state index contributed by atoms with van der Waals surface area (Å²) in [6.45, 7) is 0. The van der Waals surface area contributed by atoms with Crippen LogP contribution in [0.15, 0.2) is 24.8 Å². The second-order valence-electron chi connectivity index (χ2n) is 4.07. The van der Waals surface area contributed by atoms with Crippen molar-refractivity contribution < 1.29 is 14.7 Å². The van der Waals surface area contributed by atoms with E-state index in [1.165, 1.54) is 6.20 Å². The van der Waals surface area contributed by atoms with E-state index in [0.717, 1.165) is 18.5 Å². The predicted molar refractivity (Wildman–Crippen MR) is 69.0 cm³/mol. The number of nitrogens with one attached hydrogen (secondary N) is 2. The SMILES string of the molecule is NC(CCC(=O)O)C(=O)N/C=C/CCc1cnc[nH]1. The van der Waals surface area contributed by atoms with Gasteiger partial charge in [-0.3, -0.25) is 9.59 Å². The minimum absolute atomic E-state index is 0.113. The van der Waals surface area contributed by atoms with Crippen LogP contribution in [0.5, 0.6) is 0 Å². The molecule has 0 saturated carbocycles. The number of hydrogen-bond acceptors (Lipinski definition) is 4. The van der Waals surface area contributed by atoms with Crippen molar-refractivity contribution in [1.82, 2.24) is 15.3 Å². The van der Waals surface area contributed by atoms with Crippen LogP contribution in [-0.4, -0.2) is 33.0 Å². The summed E-state index contributed by atoms with van der Waals surface area (Å²) in [6.07, 6.45) is 8.27. The number of allylic oxidation sites excluding steroid dienone is 1. The Morgan fingerprint density at radius 1 is 1.58 bits per heavy atom. The van der Waals surface area contributed by atoms with Crippen LogP contribution < -0.4 is 11.1 Å². The van der Waals surface area contributed by atoms with E-state index in [1.807, 2.05) is 6.08 Å². The van der Waals surface area contributed by atoms with Gasteiger partial charge >= 0.3 is 5.97 Å². The number of carbonyl (C=O) groups is 2. The summed E-state index contributed by atoms with van der Waals surface area (Å²) < 4.78 is 0. The number of aryl methyl sites for hydroxylation is 1. The fourth-order valence-corrected chi connectivity index (χ4v) is 1.40. The van der Waals surface area contributed by atoms with Gasteiger partial charge < -0.3 is 21.1 Å². The number of carboxylic acid groups (broad SMARTS) is 1. The minimum atomic E-state index is -0.960. The Morgan fingerprint density at radius 3 is 3.00 bits per heavy atom. The van der Waals surface area contributed by atoms with E-state index in [1.54, 1.807) is 12.5 Å². The Labute approximate surface area is 110 Å². The number of nitrogens with zero attached hydrogens (tertiary/aromatic N) is 1. The van der Waals surface area contributed by atoms with Gasteiger partial charge in [-0.2, -0.15) is 0 Å². The lowest BCUT2D eigenvalue weighted by Gasteiger charge is -2.07. The van der Waals surface area contributed by atoms with E-state index in [2.05, 4.69) is 15.3 Å². The van der Waals surface area contributed by atoms with Crippen LogP contribution in [0.1, 0.15) is 25.0 Å². The number of rotatable bonds is 8. The summed E-state index contributed by atoms with van der Waals surface area (Å²) in [5, 5.41) is 11.0. The Bertz CT molecular complexity index is 428. The van der Waals surface area contributed by atoms with Crippen molar-refractivity contribution in [3.63, 3.8) is 0 Å². The largest absolute Gasteiger partial charge is 0.481 e. The number of amides is 1. The number of aromatic nitrogens is 2. The number of carbonyl (C=O) groups excluding carboxylic acids is 1. The molecule has 7 heteroatoms. The second-order valence-corrected chi connectivity index (χ2v) is 4.07. The summed E-state index contributed by atoms with van der Waals surface area (Å²) in [5.74, 6) is -1.34. The Morgan fingerprint density at radius 2 is 2.37 bits per heavy atom. The molecular formula is C12H18N4O3. The molecule has 0 aliphatic heterocycles. The van der Waals surface area contributed by atoms with Gasteiger partial charge in [0.2, 0.25) is 5.91 Å². The van der Waals surface area contributed by atoms with Crippen molar-refractivity contribution in [2.24, 2.45) is 5.73 Å². The normalized spacial score (nSPS) is 12.5. The lowest BCUT2D eigenvalue weighted by Crippen LogP contribution is -2.38. The molecule has 1 atom stereocenters. The van der Waals surface area contributed by atoms with Crippen LogP contribution in [0.2, 0.25) is 0 Å². The standard InChI is InChI=1S/C12H18N4O3/c13-10(4-5-11(17)18)12(19)15-6-2-1-3-9-7-14-8-16-9/h2,6-8,10H,1,3-5,13H2,(H,14,16)(H,15,19)(H,17,18)/b6-2+. The molecule has 1 heterocycles. The molecule has 5 N–H and O–H groups in total. The van der Waals surface area contributed by atoms with Gasteiger partial charge in [0.15, 0.2) is 0 Å². The molecule has 0 aliphatic carbocycles. The molecule has 7 nitrogen and oxygen atoms in total. The average Bonchev–Trinajstić information content (AvgIpc) is 2.88. The van der Waals surface area contributed by atoms with Crippen LogP contribution in [0.25, 0.3) is 0 Å². The molecule has 1 aromatic heterocycles. The highest BCUT2D eigenvalue weighted by Crippen LogP contribution is 1.98. The van der Waals surface area contributed by atoms with Crippen LogP contribution in [-0.2, 0) is 16.0 Å². The smallest absolute Gasteiger partial charge is 0.303 e. The first-order valence-electron chi connectivity index (χ1n) is 5.99. The first kappa shape index (κ1) is 14.9. The van der Waals surface area contributed by atoms with Crippen molar-refractivity contribution >= 4 is 11.9 Å². The molecule has 0 aliphatic rings. The molecule has 0 radical (unpaired) electrons. The van der Waals surface area contributed by atoms with E-state index in [9.17, 15) is 9.59 Å². The summed E-state index contributed by atoms with van der Waals surface area (Å²) in [6, 6.07) is -0.798. The predicted octanol–water partition coefficient (Wildman–Crippen LogP) is 0.164. The monoisotopic (exact) mass is 266 g/mol. The van der Waals surface area contributed by atoms with Crippen molar-refractivity contribution in [3.8, 4) is 0 Å². The first-order chi connectivity index (χ1) is 9.09. The van der Waals surface area contributed by atoms with Gasteiger partial charge in [-0.1, -0.05) is 6.08 Å². The molecule has 1 unspecified atom stereocenters. The molecule has 1 rings (SSSR count). The Balaban J connectivity index is 2.16. The zero-order valence-electron chi connectivity index (χ0n) is 10.5. The van der Waals surface area contributed by atoms with E-state index in [0.29, 0.717) is 0 Å². The third-order valence-corrected chi connectivity index (χ3v) is 2.48. The number of hydrogen-bond donors (Lipinski definition) is 4. The Kier molecular flexibility index (Phi) is 6.31. The van der Waals surface area contributed by atoms with E-state index in [4.69, 9.17) is 10.8 Å². The maximum atomic E-state index is 11.5. The maximum Gasteiger partial charge on any atom is 0.303 e. The lowest BCUT2D eigenvalue weighted by molar-refractivity contribution is -0.137. The molecular weight excluding hydrogens is 248 g/mol. The van der Waals surface area contributed by atoms with E-state index < -0.39 is 12.0 Å². The van der Waals surface area contributed by atoms with Gasteiger partial charge in [-0.05, 0) is 25.5 Å². The highest BCUT2D eigenvalue weighted by atomic mass is 16.4. The molecule has 0 bridgehead atoms. The summed E-state index contributed by atoms with van der Waals surface area (Å²) in [7, 11) is 0. The van der Waals surface area contributed by atoms with Crippen molar-refractivity contribution in [3.05, 3.63) is 30.5 Å². The fraction of sp³-hybridized carbons (Fsp3) is 0.417. The van der Waals surface area contributed by atoms with Crippen LogP contribution in [0.4, 0.5) is 0 Å². The van der Waals surface area contributed by atoms with Gasteiger partial charge in [0.05, 0.1) is 12.4 Å². The molecule has 104 valence electrons. The second kappa shape index (κ2) is 8.04. The van der Waals surface area contributed by atoms with Crippen molar-refractivity contribution in [2.45, 2.75) is 31.7 Å². The van der Waals surface area contributed by atoms with Gasteiger partial charge in [0, 0.05) is 18.3 Å². The van der Waals surface area contributed by atoms with E-state index >= 15 is 0 Å². The van der Waals surface area contributed by atoms with Gasteiger partial charge in [0.25, 0.3) is 0 Å². The molecule has 1 amide bonds. The summed E-state index contributed by atoms with van der Waals surface area (Å²) >= 11 is 0. The van der Waals surface area contributed by atoms with Crippen molar-refractivity contribution in [2.75, 3.05) is 0 Å². The number of aliphatic carboxylic acids is 1. The topological polar surface area (TPSA) is 121 Å². The summed E-state index contributed by atoms with van der Waals surface area (Å²) in [5.41, 5.74) is 6.56. The highest BCUT2D eigenvalue weighted by molar-refractivity contribution is 5.82.